The van der Waals surface area contributed by atoms with Crippen LogP contribution >= 0.6 is 12.4 Å². The van der Waals surface area contributed by atoms with Crippen molar-refractivity contribution in [2.75, 3.05) is 13.1 Å². The second-order valence-electron chi connectivity index (χ2n) is 7.08. The van der Waals surface area contributed by atoms with Crippen molar-refractivity contribution in [3.05, 3.63) is 70.6 Å². The van der Waals surface area contributed by atoms with E-state index in [1.54, 1.807) is 14.0 Å². The van der Waals surface area contributed by atoms with Crippen LogP contribution in [0.25, 0.3) is 11.0 Å². The number of carbonyl (C=O) groups excluding carboxylic acids is 1. The molecule has 148 valence electrons. The standard InChI is InChI=1S/C21H24N4O2.ClH/c1-2-24-18-10-6-7-11-19(18)25(21(24)27)14-20(26)23-12-16(17(22)13-23)15-8-4-3-5-9-15;/h3-11,16-17H,2,12-14,22H2,1H3;1H/t16-,17+;/m0./s1. The molecule has 3 aromatic rings. The highest BCUT2D eigenvalue weighted by Crippen LogP contribution is 2.26. The summed E-state index contributed by atoms with van der Waals surface area (Å²) < 4.78 is 3.27. The number of imidazole rings is 1. The molecule has 28 heavy (non-hydrogen) atoms. The molecule has 1 amide bonds. The number of carbonyl (C=O) groups is 1. The molecule has 2 N–H and O–H groups in total. The van der Waals surface area contributed by atoms with Gasteiger partial charge in [0, 0.05) is 31.6 Å². The molecule has 0 unspecified atom stereocenters. The molecule has 4 rings (SSSR count). The van der Waals surface area contributed by atoms with Crippen LogP contribution in [0.15, 0.2) is 59.4 Å². The predicted molar refractivity (Wildman–Crippen MR) is 113 cm³/mol. The summed E-state index contributed by atoms with van der Waals surface area (Å²) in [6, 6.07) is 17.6. The Morgan fingerprint density at radius 1 is 1.00 bits per heavy atom. The largest absolute Gasteiger partial charge is 0.339 e. The van der Waals surface area contributed by atoms with Crippen LogP contribution in [-0.2, 0) is 17.9 Å². The minimum atomic E-state index is -0.143. The van der Waals surface area contributed by atoms with Gasteiger partial charge in [-0.3, -0.25) is 13.9 Å². The molecule has 1 saturated heterocycles. The number of amides is 1. The van der Waals surface area contributed by atoms with Gasteiger partial charge >= 0.3 is 5.69 Å². The number of halogens is 1. The lowest BCUT2D eigenvalue weighted by Gasteiger charge is -2.17. The molecule has 6 nitrogen and oxygen atoms in total. The Bertz CT molecular complexity index is 1030. The predicted octanol–water partition coefficient (Wildman–Crippen LogP) is 2.20. The molecule has 1 aliphatic rings. The summed E-state index contributed by atoms with van der Waals surface area (Å²) in [4.78, 5) is 27.5. The topological polar surface area (TPSA) is 73.3 Å². The number of hydrogen-bond donors (Lipinski definition) is 1. The average Bonchev–Trinajstić information content (AvgIpc) is 3.21. The maximum atomic E-state index is 12.9. The quantitative estimate of drug-likeness (QED) is 0.729. The third kappa shape index (κ3) is 3.45. The van der Waals surface area contributed by atoms with Crippen molar-refractivity contribution in [3.8, 4) is 0 Å². The monoisotopic (exact) mass is 400 g/mol. The van der Waals surface area contributed by atoms with E-state index in [0.717, 1.165) is 16.6 Å². The molecule has 2 heterocycles. The van der Waals surface area contributed by atoms with E-state index < -0.39 is 0 Å². The van der Waals surface area contributed by atoms with Gasteiger partial charge in [0.1, 0.15) is 6.54 Å². The van der Waals surface area contributed by atoms with Crippen LogP contribution in [0.2, 0.25) is 0 Å². The first-order chi connectivity index (χ1) is 13.1. The fraction of sp³-hybridized carbons (Fsp3) is 0.333. The van der Waals surface area contributed by atoms with Crippen LogP contribution in [0.4, 0.5) is 0 Å². The van der Waals surface area contributed by atoms with Gasteiger partial charge in [0.2, 0.25) is 5.91 Å². The number of fused-ring (bicyclic) bond motifs is 1. The van der Waals surface area contributed by atoms with Gasteiger partial charge < -0.3 is 10.6 Å². The average molecular weight is 401 g/mol. The van der Waals surface area contributed by atoms with Gasteiger partial charge in [-0.15, -0.1) is 12.4 Å². The summed E-state index contributed by atoms with van der Waals surface area (Å²) in [5.41, 5.74) is 8.97. The Labute approximate surface area is 170 Å². The Hall–Kier alpha value is -2.57. The van der Waals surface area contributed by atoms with E-state index >= 15 is 0 Å². The lowest BCUT2D eigenvalue weighted by Crippen LogP contribution is -2.36. The van der Waals surface area contributed by atoms with Crippen molar-refractivity contribution < 1.29 is 4.79 Å². The number of nitrogens with zero attached hydrogens (tertiary/aromatic N) is 3. The van der Waals surface area contributed by atoms with E-state index in [2.05, 4.69) is 12.1 Å². The smallest absolute Gasteiger partial charge is 0.329 e. The first-order valence-electron chi connectivity index (χ1n) is 9.36. The van der Waals surface area contributed by atoms with Crippen LogP contribution in [0, 0.1) is 0 Å². The number of aryl methyl sites for hydroxylation is 1. The van der Waals surface area contributed by atoms with Gasteiger partial charge in [-0.1, -0.05) is 42.5 Å². The van der Waals surface area contributed by atoms with Crippen LogP contribution in [0.1, 0.15) is 18.4 Å². The van der Waals surface area contributed by atoms with Gasteiger partial charge in [-0.05, 0) is 24.6 Å². The molecule has 0 bridgehead atoms. The van der Waals surface area contributed by atoms with Crippen LogP contribution in [0.5, 0.6) is 0 Å². The number of aromatic nitrogens is 2. The minimum Gasteiger partial charge on any atom is -0.339 e. The minimum absolute atomic E-state index is 0. The number of para-hydroxylation sites is 2. The summed E-state index contributed by atoms with van der Waals surface area (Å²) in [5.74, 6) is 0.0637. The lowest BCUT2D eigenvalue weighted by molar-refractivity contribution is -0.130. The third-order valence-electron chi connectivity index (χ3n) is 5.48. The van der Waals surface area contributed by atoms with Gasteiger partial charge in [0.05, 0.1) is 11.0 Å². The molecule has 0 spiro atoms. The maximum absolute atomic E-state index is 12.9. The molecular formula is C21H25ClN4O2. The van der Waals surface area contributed by atoms with Gasteiger partial charge in [-0.2, -0.15) is 0 Å². The van der Waals surface area contributed by atoms with Crippen LogP contribution in [-0.4, -0.2) is 39.1 Å². The van der Waals surface area contributed by atoms with E-state index in [9.17, 15) is 9.59 Å². The Morgan fingerprint density at radius 3 is 2.25 bits per heavy atom. The van der Waals surface area contributed by atoms with Crippen LogP contribution in [0.3, 0.4) is 0 Å². The molecule has 2 aromatic carbocycles. The first kappa shape index (κ1) is 20.2. The number of rotatable bonds is 4. The molecule has 1 fully saturated rings. The van der Waals surface area contributed by atoms with Crippen LogP contribution < -0.4 is 11.4 Å². The number of nitrogens with two attached hydrogens (primary N) is 1. The van der Waals surface area contributed by atoms with Crippen molar-refractivity contribution in [1.29, 1.82) is 0 Å². The summed E-state index contributed by atoms with van der Waals surface area (Å²) in [6.45, 7) is 3.65. The number of likely N-dealkylation sites (tertiary alicyclic amines) is 1. The Morgan fingerprint density at radius 2 is 1.61 bits per heavy atom. The van der Waals surface area contributed by atoms with Gasteiger partial charge in [-0.25, -0.2) is 4.79 Å². The van der Waals surface area contributed by atoms with E-state index in [-0.39, 0.29) is 42.5 Å². The highest BCUT2D eigenvalue weighted by atomic mass is 35.5. The third-order valence-corrected chi connectivity index (χ3v) is 5.48. The van der Waals surface area contributed by atoms with Gasteiger partial charge in [0.15, 0.2) is 0 Å². The van der Waals surface area contributed by atoms with Crippen molar-refractivity contribution >= 4 is 29.3 Å². The zero-order chi connectivity index (χ0) is 19.0. The van der Waals surface area contributed by atoms with E-state index in [0.29, 0.717) is 19.6 Å². The fourth-order valence-electron chi connectivity index (χ4n) is 4.05. The Kier molecular flexibility index (Phi) is 5.91. The highest BCUT2D eigenvalue weighted by Gasteiger charge is 2.34. The van der Waals surface area contributed by atoms with Crippen molar-refractivity contribution in [1.82, 2.24) is 14.0 Å². The van der Waals surface area contributed by atoms with E-state index in [1.165, 1.54) is 0 Å². The van der Waals surface area contributed by atoms with Crippen molar-refractivity contribution in [2.45, 2.75) is 32.0 Å². The molecule has 1 aliphatic heterocycles. The number of hydrogen-bond acceptors (Lipinski definition) is 3. The summed E-state index contributed by atoms with van der Waals surface area (Å²) in [7, 11) is 0. The van der Waals surface area contributed by atoms with E-state index in [1.807, 2.05) is 49.4 Å². The molecular weight excluding hydrogens is 376 g/mol. The van der Waals surface area contributed by atoms with Crippen molar-refractivity contribution in [2.24, 2.45) is 5.73 Å². The lowest BCUT2D eigenvalue weighted by atomic mass is 9.95. The number of benzene rings is 2. The normalized spacial score (nSPS) is 19.0. The summed E-state index contributed by atoms with van der Waals surface area (Å²) >= 11 is 0. The molecule has 2 atom stereocenters. The zero-order valence-electron chi connectivity index (χ0n) is 15.8. The van der Waals surface area contributed by atoms with Gasteiger partial charge in [0.25, 0.3) is 0 Å². The highest BCUT2D eigenvalue weighted by molar-refractivity contribution is 5.85. The zero-order valence-corrected chi connectivity index (χ0v) is 16.6. The Balaban J connectivity index is 0.00000225. The second-order valence-corrected chi connectivity index (χ2v) is 7.08. The molecule has 1 aromatic heterocycles. The summed E-state index contributed by atoms with van der Waals surface area (Å²) in [5, 5.41) is 0. The maximum Gasteiger partial charge on any atom is 0.329 e. The fourth-order valence-corrected chi connectivity index (χ4v) is 4.05. The second kappa shape index (κ2) is 8.20. The molecule has 0 aliphatic carbocycles. The molecule has 0 radical (unpaired) electrons. The van der Waals surface area contributed by atoms with Crippen molar-refractivity contribution in [3.63, 3.8) is 0 Å². The SMILES string of the molecule is CCn1c(=O)n(CC(=O)N2C[C@@H](N)[C@H](c3ccccc3)C2)c2ccccc21.Cl. The molecule has 0 saturated carbocycles. The first-order valence-corrected chi connectivity index (χ1v) is 9.36. The van der Waals surface area contributed by atoms with E-state index in [4.69, 9.17) is 5.73 Å². The summed E-state index contributed by atoms with van der Waals surface area (Å²) in [6.07, 6.45) is 0. The molecule has 7 heteroatoms.